The molecule has 0 saturated carbocycles. The van der Waals surface area contributed by atoms with Gasteiger partial charge < -0.3 is 5.32 Å². The molecule has 1 saturated heterocycles. The normalized spacial score (nSPS) is 35.2. The van der Waals surface area contributed by atoms with Gasteiger partial charge in [0.25, 0.3) is 0 Å². The van der Waals surface area contributed by atoms with E-state index < -0.39 is 10.8 Å². The predicted octanol–water partition coefficient (Wildman–Crippen LogP) is 1.61. The Morgan fingerprint density at radius 2 is 2.12 bits per heavy atom. The summed E-state index contributed by atoms with van der Waals surface area (Å²) in [6.07, 6.45) is 2.05. The molecular formula is C11H20N2OS2. The molecule has 2 aliphatic rings. The fourth-order valence-electron chi connectivity index (χ4n) is 1.92. The maximum absolute atomic E-state index is 11.2. The maximum atomic E-state index is 11.2. The lowest BCUT2D eigenvalue weighted by Crippen LogP contribution is -2.38. The van der Waals surface area contributed by atoms with E-state index in [1.165, 1.54) is 0 Å². The van der Waals surface area contributed by atoms with Crippen molar-refractivity contribution in [3.8, 4) is 0 Å². The second-order valence-corrected chi connectivity index (χ2v) is 7.53. The molecule has 1 atom stereocenters. The lowest BCUT2D eigenvalue weighted by atomic mass is 10.1. The maximum Gasteiger partial charge on any atom is 0.157 e. The van der Waals surface area contributed by atoms with Gasteiger partial charge in [-0.25, -0.2) is 0 Å². The van der Waals surface area contributed by atoms with Crippen LogP contribution in [0.25, 0.3) is 0 Å². The third kappa shape index (κ3) is 3.23. The Balaban J connectivity index is 1.82. The SMILES string of the molecule is CC(C)C1CSC(NC2CCS(=O)CC2)=N1. The number of hydrogen-bond acceptors (Lipinski definition) is 4. The van der Waals surface area contributed by atoms with E-state index in [1.54, 1.807) is 0 Å². The van der Waals surface area contributed by atoms with E-state index in [-0.39, 0.29) is 0 Å². The van der Waals surface area contributed by atoms with Crippen molar-refractivity contribution in [2.24, 2.45) is 10.9 Å². The molecule has 16 heavy (non-hydrogen) atoms. The highest BCUT2D eigenvalue weighted by Gasteiger charge is 2.24. The molecule has 1 fully saturated rings. The third-order valence-corrected chi connectivity index (χ3v) is 5.55. The predicted molar refractivity (Wildman–Crippen MR) is 72.6 cm³/mol. The number of hydrogen-bond donors (Lipinski definition) is 1. The topological polar surface area (TPSA) is 41.5 Å². The molecule has 0 aromatic heterocycles. The number of rotatable bonds is 2. The van der Waals surface area contributed by atoms with Gasteiger partial charge in [-0.15, -0.1) is 0 Å². The Morgan fingerprint density at radius 3 is 2.69 bits per heavy atom. The van der Waals surface area contributed by atoms with Gasteiger partial charge in [-0.05, 0) is 18.8 Å². The Hall–Kier alpha value is -0.0300. The fraction of sp³-hybridized carbons (Fsp3) is 0.909. The van der Waals surface area contributed by atoms with Gasteiger partial charge in [0, 0.05) is 34.1 Å². The molecule has 0 aromatic carbocycles. The van der Waals surface area contributed by atoms with Crippen molar-refractivity contribution in [1.82, 2.24) is 5.32 Å². The van der Waals surface area contributed by atoms with Crippen LogP contribution in [0, 0.1) is 5.92 Å². The summed E-state index contributed by atoms with van der Waals surface area (Å²) in [7, 11) is -0.565. The Morgan fingerprint density at radius 1 is 1.44 bits per heavy atom. The minimum absolute atomic E-state index is 0.477. The van der Waals surface area contributed by atoms with Gasteiger partial charge in [0.05, 0.1) is 6.04 Å². The summed E-state index contributed by atoms with van der Waals surface area (Å²) in [5.41, 5.74) is 0. The summed E-state index contributed by atoms with van der Waals surface area (Å²) in [5.74, 6) is 3.44. The quantitative estimate of drug-likeness (QED) is 0.820. The Bertz CT molecular complexity index is 294. The highest BCUT2D eigenvalue weighted by molar-refractivity contribution is 8.14. The monoisotopic (exact) mass is 260 g/mol. The summed E-state index contributed by atoms with van der Waals surface area (Å²) in [6, 6.07) is 0.972. The lowest BCUT2D eigenvalue weighted by Gasteiger charge is -2.22. The van der Waals surface area contributed by atoms with Gasteiger partial charge >= 0.3 is 0 Å². The fourth-order valence-corrected chi connectivity index (χ4v) is 4.47. The number of nitrogens with one attached hydrogen (secondary N) is 1. The van der Waals surface area contributed by atoms with Crippen LogP contribution in [0.15, 0.2) is 4.99 Å². The molecule has 0 aromatic rings. The van der Waals surface area contributed by atoms with Gasteiger partial charge in [0.2, 0.25) is 0 Å². The molecule has 1 N–H and O–H groups in total. The molecule has 3 nitrogen and oxygen atoms in total. The minimum atomic E-state index is -0.565. The molecule has 0 spiro atoms. The Kier molecular flexibility index (Phi) is 4.30. The smallest absolute Gasteiger partial charge is 0.157 e. The van der Waals surface area contributed by atoms with Crippen molar-refractivity contribution in [3.05, 3.63) is 0 Å². The minimum Gasteiger partial charge on any atom is -0.362 e. The zero-order valence-corrected chi connectivity index (χ0v) is 11.6. The molecule has 5 heteroatoms. The second-order valence-electron chi connectivity index (χ2n) is 4.82. The van der Waals surface area contributed by atoms with Crippen molar-refractivity contribution >= 4 is 27.7 Å². The molecule has 0 aliphatic carbocycles. The van der Waals surface area contributed by atoms with Crippen molar-refractivity contribution in [3.63, 3.8) is 0 Å². The van der Waals surface area contributed by atoms with E-state index in [4.69, 9.17) is 4.99 Å². The molecule has 2 aliphatic heterocycles. The van der Waals surface area contributed by atoms with Crippen LogP contribution in [0.2, 0.25) is 0 Å². The second kappa shape index (κ2) is 5.54. The molecule has 0 amide bonds. The van der Waals surface area contributed by atoms with Crippen LogP contribution in [0.5, 0.6) is 0 Å². The molecular weight excluding hydrogens is 240 g/mol. The van der Waals surface area contributed by atoms with Gasteiger partial charge in [0.1, 0.15) is 0 Å². The number of nitrogens with zero attached hydrogens (tertiary/aromatic N) is 1. The van der Waals surface area contributed by atoms with Crippen molar-refractivity contribution in [2.75, 3.05) is 17.3 Å². The van der Waals surface area contributed by atoms with Crippen LogP contribution in [0.1, 0.15) is 26.7 Å². The first kappa shape index (κ1) is 12.4. The van der Waals surface area contributed by atoms with E-state index in [2.05, 4.69) is 19.2 Å². The largest absolute Gasteiger partial charge is 0.362 e. The van der Waals surface area contributed by atoms with Gasteiger partial charge in [-0.1, -0.05) is 25.6 Å². The van der Waals surface area contributed by atoms with Gasteiger partial charge in [-0.2, -0.15) is 0 Å². The first-order valence-corrected chi connectivity index (χ1v) is 8.44. The van der Waals surface area contributed by atoms with Crippen LogP contribution in [0.3, 0.4) is 0 Å². The summed E-state index contributed by atoms with van der Waals surface area (Å²) in [5, 5.41) is 4.61. The van der Waals surface area contributed by atoms with E-state index in [9.17, 15) is 4.21 Å². The van der Waals surface area contributed by atoms with Crippen molar-refractivity contribution < 1.29 is 4.21 Å². The zero-order valence-electron chi connectivity index (χ0n) is 9.94. The highest BCUT2D eigenvalue weighted by Crippen LogP contribution is 2.23. The average molecular weight is 260 g/mol. The summed E-state index contributed by atoms with van der Waals surface area (Å²) in [4.78, 5) is 4.69. The van der Waals surface area contributed by atoms with Gasteiger partial charge in [0.15, 0.2) is 5.17 Å². The van der Waals surface area contributed by atoms with E-state index >= 15 is 0 Å². The summed E-state index contributed by atoms with van der Waals surface area (Å²) in [6.45, 7) is 4.45. The molecule has 2 heterocycles. The standard InChI is InChI=1S/C11H20N2OS2/c1-8(2)10-7-15-11(13-10)12-9-3-5-16(14)6-4-9/h8-10H,3-7H2,1-2H3,(H,12,13). The average Bonchev–Trinajstić information content (AvgIpc) is 2.70. The van der Waals surface area contributed by atoms with E-state index in [0.29, 0.717) is 18.0 Å². The first-order chi connectivity index (χ1) is 7.65. The summed E-state index contributed by atoms with van der Waals surface area (Å²) < 4.78 is 11.2. The van der Waals surface area contributed by atoms with E-state index in [1.807, 2.05) is 11.8 Å². The zero-order chi connectivity index (χ0) is 11.5. The van der Waals surface area contributed by atoms with Crippen molar-refractivity contribution in [1.29, 1.82) is 0 Å². The molecule has 1 unspecified atom stereocenters. The first-order valence-electron chi connectivity index (χ1n) is 5.97. The number of amidine groups is 1. The van der Waals surface area contributed by atoms with Crippen LogP contribution >= 0.6 is 11.8 Å². The van der Waals surface area contributed by atoms with Crippen LogP contribution in [-0.2, 0) is 10.8 Å². The van der Waals surface area contributed by atoms with Gasteiger partial charge in [-0.3, -0.25) is 9.20 Å². The summed E-state index contributed by atoms with van der Waals surface area (Å²) >= 11 is 1.84. The number of aliphatic imine (C=N–C) groups is 1. The molecule has 92 valence electrons. The Labute approximate surface area is 104 Å². The third-order valence-electron chi connectivity index (χ3n) is 3.16. The van der Waals surface area contributed by atoms with Crippen LogP contribution in [0.4, 0.5) is 0 Å². The lowest BCUT2D eigenvalue weighted by molar-refractivity contribution is 0.532. The molecule has 2 rings (SSSR count). The molecule has 0 bridgehead atoms. The number of thioether (sulfide) groups is 1. The highest BCUT2D eigenvalue weighted by atomic mass is 32.2. The van der Waals surface area contributed by atoms with Crippen LogP contribution in [-0.4, -0.2) is 38.7 Å². The molecule has 0 radical (unpaired) electrons. The van der Waals surface area contributed by atoms with E-state index in [0.717, 1.165) is 35.3 Å². The van der Waals surface area contributed by atoms with Crippen LogP contribution < -0.4 is 5.32 Å². The van der Waals surface area contributed by atoms with Crippen molar-refractivity contribution in [2.45, 2.75) is 38.8 Å².